The molecule has 2 rings (SSSR count). The fourth-order valence-electron chi connectivity index (χ4n) is 2.21. The third-order valence-electron chi connectivity index (χ3n) is 3.88. The highest BCUT2D eigenvalue weighted by Gasteiger charge is 2.27. The number of rotatable bonds is 8. The lowest BCUT2D eigenvalue weighted by Gasteiger charge is -2.21. The standard InChI is InChI=1S/C16H25N3O2S/c1-4-5-6-15(21)19(9-13-7-8-13)10-14(20)18-16-17-11(2)12(3)22-16/h13H,4-10H2,1-3H3,(H,17,18,20). The maximum atomic E-state index is 12.2. The molecule has 5 nitrogen and oxygen atoms in total. The zero-order valence-corrected chi connectivity index (χ0v) is 14.5. The first-order chi connectivity index (χ1) is 10.5. The van der Waals surface area contributed by atoms with Gasteiger partial charge in [-0.05, 0) is 39.0 Å². The summed E-state index contributed by atoms with van der Waals surface area (Å²) in [7, 11) is 0. The van der Waals surface area contributed by atoms with Crippen molar-refractivity contribution < 1.29 is 9.59 Å². The topological polar surface area (TPSA) is 62.3 Å². The molecule has 1 aromatic heterocycles. The van der Waals surface area contributed by atoms with Crippen molar-refractivity contribution in [3.05, 3.63) is 10.6 Å². The normalized spacial score (nSPS) is 14.0. The summed E-state index contributed by atoms with van der Waals surface area (Å²) in [5.41, 5.74) is 0.939. The first-order valence-electron chi connectivity index (χ1n) is 8.01. The van der Waals surface area contributed by atoms with E-state index < -0.39 is 0 Å². The number of hydrogen-bond donors (Lipinski definition) is 1. The van der Waals surface area contributed by atoms with E-state index in [4.69, 9.17) is 0 Å². The van der Waals surface area contributed by atoms with Gasteiger partial charge in [0, 0.05) is 17.8 Å². The minimum atomic E-state index is -0.153. The van der Waals surface area contributed by atoms with Crippen molar-refractivity contribution in [1.82, 2.24) is 9.88 Å². The second-order valence-corrected chi connectivity index (χ2v) is 7.23. The molecule has 1 fully saturated rings. The highest BCUT2D eigenvalue weighted by molar-refractivity contribution is 7.15. The quantitative estimate of drug-likeness (QED) is 0.799. The van der Waals surface area contributed by atoms with Crippen molar-refractivity contribution in [2.24, 2.45) is 5.92 Å². The Kier molecular flexibility index (Phi) is 5.94. The van der Waals surface area contributed by atoms with Gasteiger partial charge in [0.15, 0.2) is 5.13 Å². The number of anilines is 1. The Labute approximate surface area is 136 Å². The molecule has 0 bridgehead atoms. The number of thiazole rings is 1. The minimum Gasteiger partial charge on any atom is -0.333 e. The highest BCUT2D eigenvalue weighted by atomic mass is 32.1. The molecule has 22 heavy (non-hydrogen) atoms. The van der Waals surface area contributed by atoms with Crippen LogP contribution >= 0.6 is 11.3 Å². The van der Waals surface area contributed by atoms with E-state index in [-0.39, 0.29) is 18.4 Å². The number of aryl methyl sites for hydroxylation is 2. The van der Waals surface area contributed by atoms with Gasteiger partial charge in [-0.25, -0.2) is 4.98 Å². The summed E-state index contributed by atoms with van der Waals surface area (Å²) in [6.45, 7) is 6.83. The molecule has 1 N–H and O–H groups in total. The molecule has 0 unspecified atom stereocenters. The molecule has 0 spiro atoms. The molecule has 0 aliphatic heterocycles. The molecule has 1 aliphatic carbocycles. The van der Waals surface area contributed by atoms with Gasteiger partial charge in [0.05, 0.1) is 12.2 Å². The number of nitrogens with one attached hydrogen (secondary N) is 1. The van der Waals surface area contributed by atoms with E-state index in [0.29, 0.717) is 24.0 Å². The fourth-order valence-corrected chi connectivity index (χ4v) is 3.04. The largest absolute Gasteiger partial charge is 0.333 e. The van der Waals surface area contributed by atoms with Crippen LogP contribution in [0, 0.1) is 19.8 Å². The Balaban J connectivity index is 1.90. The summed E-state index contributed by atoms with van der Waals surface area (Å²) < 4.78 is 0. The average molecular weight is 323 g/mol. The van der Waals surface area contributed by atoms with Crippen LogP contribution in [0.1, 0.15) is 49.6 Å². The lowest BCUT2D eigenvalue weighted by molar-refractivity contribution is -0.135. The third kappa shape index (κ3) is 5.09. The van der Waals surface area contributed by atoms with Crippen LogP contribution in [0.2, 0.25) is 0 Å². The van der Waals surface area contributed by atoms with Crippen molar-refractivity contribution in [3.63, 3.8) is 0 Å². The second kappa shape index (κ2) is 7.72. The van der Waals surface area contributed by atoms with Gasteiger partial charge in [-0.2, -0.15) is 0 Å². The number of hydrogen-bond acceptors (Lipinski definition) is 4. The molecule has 1 saturated carbocycles. The van der Waals surface area contributed by atoms with E-state index in [2.05, 4.69) is 17.2 Å². The lowest BCUT2D eigenvalue weighted by atomic mass is 10.2. The molecule has 2 amide bonds. The number of unbranched alkanes of at least 4 members (excludes halogenated alkanes) is 1. The third-order valence-corrected chi connectivity index (χ3v) is 4.87. The number of carbonyl (C=O) groups is 2. The molecular weight excluding hydrogens is 298 g/mol. The van der Waals surface area contributed by atoms with Crippen molar-refractivity contribution in [2.45, 2.75) is 52.9 Å². The zero-order chi connectivity index (χ0) is 16.1. The molecule has 0 aromatic carbocycles. The van der Waals surface area contributed by atoms with E-state index in [1.807, 2.05) is 13.8 Å². The maximum absolute atomic E-state index is 12.2. The second-order valence-electron chi connectivity index (χ2n) is 6.03. The summed E-state index contributed by atoms with van der Waals surface area (Å²) in [5, 5.41) is 3.43. The van der Waals surface area contributed by atoms with Gasteiger partial charge in [-0.3, -0.25) is 9.59 Å². The van der Waals surface area contributed by atoms with Crippen molar-refractivity contribution in [1.29, 1.82) is 0 Å². The summed E-state index contributed by atoms with van der Waals surface area (Å²) in [5.74, 6) is 0.525. The molecule has 0 saturated heterocycles. The van der Waals surface area contributed by atoms with E-state index in [9.17, 15) is 9.59 Å². The summed E-state index contributed by atoms with van der Waals surface area (Å²) >= 11 is 1.47. The van der Waals surface area contributed by atoms with Crippen LogP contribution in [0.15, 0.2) is 0 Å². The molecule has 0 radical (unpaired) electrons. The minimum absolute atomic E-state index is 0.0930. The first-order valence-corrected chi connectivity index (χ1v) is 8.83. The lowest BCUT2D eigenvalue weighted by Crippen LogP contribution is -2.39. The van der Waals surface area contributed by atoms with E-state index >= 15 is 0 Å². The summed E-state index contributed by atoms with van der Waals surface area (Å²) in [4.78, 5) is 31.6. The predicted octanol–water partition coefficient (Wildman–Crippen LogP) is 3.13. The van der Waals surface area contributed by atoms with Crippen molar-refractivity contribution >= 4 is 28.3 Å². The molecule has 0 atom stereocenters. The molecule has 122 valence electrons. The van der Waals surface area contributed by atoms with E-state index in [0.717, 1.165) is 23.4 Å². The Morgan fingerprint density at radius 2 is 2.09 bits per heavy atom. The number of carbonyl (C=O) groups excluding carboxylic acids is 2. The van der Waals surface area contributed by atoms with Gasteiger partial charge < -0.3 is 10.2 Å². The Morgan fingerprint density at radius 3 is 2.64 bits per heavy atom. The van der Waals surface area contributed by atoms with Gasteiger partial charge in [-0.15, -0.1) is 11.3 Å². The molecule has 1 aliphatic rings. The number of nitrogens with zero attached hydrogens (tertiary/aromatic N) is 2. The van der Waals surface area contributed by atoms with Crippen LogP contribution in [-0.4, -0.2) is 34.8 Å². The highest BCUT2D eigenvalue weighted by Crippen LogP contribution is 2.30. The summed E-state index contributed by atoms with van der Waals surface area (Å²) in [6.07, 6.45) is 4.75. The van der Waals surface area contributed by atoms with Crippen molar-refractivity contribution in [3.8, 4) is 0 Å². The van der Waals surface area contributed by atoms with Crippen LogP contribution in [0.4, 0.5) is 5.13 Å². The van der Waals surface area contributed by atoms with Gasteiger partial charge in [0.25, 0.3) is 0 Å². The fraction of sp³-hybridized carbons (Fsp3) is 0.688. The van der Waals surface area contributed by atoms with Crippen molar-refractivity contribution in [2.75, 3.05) is 18.4 Å². The molecule has 6 heteroatoms. The molecule has 1 heterocycles. The zero-order valence-electron chi connectivity index (χ0n) is 13.6. The Hall–Kier alpha value is -1.43. The smallest absolute Gasteiger partial charge is 0.245 e. The van der Waals surface area contributed by atoms with E-state index in [1.165, 1.54) is 24.2 Å². The Bertz CT molecular complexity index is 518. The molecule has 1 aromatic rings. The Morgan fingerprint density at radius 1 is 1.36 bits per heavy atom. The predicted molar refractivity (Wildman–Crippen MR) is 89.0 cm³/mol. The maximum Gasteiger partial charge on any atom is 0.245 e. The van der Waals surface area contributed by atoms with Gasteiger partial charge >= 0.3 is 0 Å². The number of amides is 2. The van der Waals surface area contributed by atoms with Gasteiger partial charge in [0.1, 0.15) is 0 Å². The number of aromatic nitrogens is 1. The van der Waals surface area contributed by atoms with Gasteiger partial charge in [0.2, 0.25) is 11.8 Å². The molecular formula is C16H25N3O2S. The van der Waals surface area contributed by atoms with Crippen LogP contribution in [0.5, 0.6) is 0 Å². The SMILES string of the molecule is CCCCC(=O)N(CC(=O)Nc1nc(C)c(C)s1)CC1CC1. The van der Waals surface area contributed by atoms with Crippen LogP contribution in [0.3, 0.4) is 0 Å². The van der Waals surface area contributed by atoms with Crippen LogP contribution < -0.4 is 5.32 Å². The first kappa shape index (κ1) is 16.9. The van der Waals surface area contributed by atoms with Crippen LogP contribution in [0.25, 0.3) is 0 Å². The van der Waals surface area contributed by atoms with E-state index in [1.54, 1.807) is 4.90 Å². The average Bonchev–Trinajstić information content (AvgIpc) is 3.22. The summed E-state index contributed by atoms with van der Waals surface area (Å²) in [6, 6.07) is 0. The monoisotopic (exact) mass is 323 g/mol. The van der Waals surface area contributed by atoms with Crippen LogP contribution in [-0.2, 0) is 9.59 Å². The van der Waals surface area contributed by atoms with Gasteiger partial charge in [-0.1, -0.05) is 13.3 Å².